The van der Waals surface area contributed by atoms with Crippen LogP contribution in [0.3, 0.4) is 0 Å². The van der Waals surface area contributed by atoms with Crippen molar-refractivity contribution in [2.45, 2.75) is 37.5 Å². The van der Waals surface area contributed by atoms with Crippen molar-refractivity contribution in [2.24, 2.45) is 5.73 Å². The van der Waals surface area contributed by atoms with Crippen LogP contribution < -0.4 is 5.73 Å². The maximum absolute atomic E-state index is 14.6. The van der Waals surface area contributed by atoms with Crippen molar-refractivity contribution < 1.29 is 18.3 Å². The third-order valence-corrected chi connectivity index (χ3v) is 5.41. The van der Waals surface area contributed by atoms with E-state index in [-0.39, 0.29) is 11.9 Å². The Labute approximate surface area is 156 Å². The average Bonchev–Trinajstić information content (AvgIpc) is 2.67. The van der Waals surface area contributed by atoms with E-state index < -0.39 is 23.8 Å². The Morgan fingerprint density at radius 2 is 1.93 bits per heavy atom. The van der Waals surface area contributed by atoms with Gasteiger partial charge < -0.3 is 15.4 Å². The molecule has 1 fully saturated rings. The molecule has 4 rings (SSSR count). The third-order valence-electron chi connectivity index (χ3n) is 5.41. The lowest BCUT2D eigenvalue weighted by molar-refractivity contribution is -0.149. The topological polar surface area (TPSA) is 55.6 Å². The van der Waals surface area contributed by atoms with Gasteiger partial charge >= 0.3 is 0 Å². The molecule has 2 aromatic rings. The van der Waals surface area contributed by atoms with Crippen LogP contribution in [0.5, 0.6) is 0 Å². The minimum Gasteiger partial charge on any atom is -0.367 e. The van der Waals surface area contributed by atoms with Gasteiger partial charge in [0.1, 0.15) is 17.7 Å². The number of carbonyl (C=O) groups is 1. The zero-order valence-corrected chi connectivity index (χ0v) is 14.9. The number of ether oxygens (including phenoxy) is 1. The summed E-state index contributed by atoms with van der Waals surface area (Å²) in [6.07, 6.45) is 1.39. The van der Waals surface area contributed by atoms with Gasteiger partial charge in [-0.15, -0.1) is 0 Å². The van der Waals surface area contributed by atoms with Crippen LogP contribution in [-0.2, 0) is 16.0 Å². The summed E-state index contributed by atoms with van der Waals surface area (Å²) in [6.45, 7) is 0.805. The number of halogens is 2. The highest BCUT2D eigenvalue weighted by atomic mass is 19.1. The summed E-state index contributed by atoms with van der Waals surface area (Å²) in [5.41, 5.74) is 8.09. The van der Waals surface area contributed by atoms with Gasteiger partial charge in [0.25, 0.3) is 5.91 Å². The van der Waals surface area contributed by atoms with Crippen molar-refractivity contribution in [1.29, 1.82) is 0 Å². The molecule has 4 nitrogen and oxygen atoms in total. The van der Waals surface area contributed by atoms with Crippen LogP contribution in [-0.4, -0.2) is 36.1 Å². The van der Waals surface area contributed by atoms with Crippen LogP contribution >= 0.6 is 0 Å². The van der Waals surface area contributed by atoms with Crippen LogP contribution in [0.25, 0.3) is 0 Å². The standard InChI is InChI=1S/C21H22F2N2O2/c22-14-5-7-17(18(23)11-14)20-16-4-2-1-3-13(16)9-10-25(20)21(26)19-8-6-15(24)12-27-19/h1-5,7,11,15,19-20H,6,8-10,12,24H2/t15-,19+,20-/m1/s1. The van der Waals surface area contributed by atoms with Gasteiger partial charge in [-0.1, -0.05) is 30.3 Å². The fourth-order valence-electron chi connectivity index (χ4n) is 4.01. The van der Waals surface area contributed by atoms with Crippen LogP contribution in [0.4, 0.5) is 8.78 Å². The predicted octanol–water partition coefficient (Wildman–Crippen LogP) is 2.95. The lowest BCUT2D eigenvalue weighted by Crippen LogP contribution is -2.49. The van der Waals surface area contributed by atoms with Crippen molar-refractivity contribution in [3.05, 3.63) is 70.8 Å². The summed E-state index contributed by atoms with van der Waals surface area (Å²) in [6, 6.07) is 10.6. The number of carbonyl (C=O) groups excluding carboxylic acids is 1. The molecule has 2 aliphatic rings. The largest absolute Gasteiger partial charge is 0.367 e. The Morgan fingerprint density at radius 1 is 1.11 bits per heavy atom. The molecule has 3 atom stereocenters. The minimum atomic E-state index is -0.652. The van der Waals surface area contributed by atoms with E-state index in [1.807, 2.05) is 24.3 Å². The highest BCUT2D eigenvalue weighted by Crippen LogP contribution is 2.37. The van der Waals surface area contributed by atoms with Crippen LogP contribution in [0, 0.1) is 11.6 Å². The number of rotatable bonds is 2. The SMILES string of the molecule is N[C@@H]1CC[C@@H](C(=O)N2CCc3ccccc3[C@@H]2c2ccc(F)cc2F)OC1. The van der Waals surface area contributed by atoms with Gasteiger partial charge in [0, 0.05) is 24.2 Å². The molecule has 2 aromatic carbocycles. The van der Waals surface area contributed by atoms with Crippen molar-refractivity contribution in [1.82, 2.24) is 4.90 Å². The Kier molecular flexibility index (Phi) is 4.93. The van der Waals surface area contributed by atoms with Gasteiger partial charge in [-0.25, -0.2) is 8.78 Å². The number of benzene rings is 2. The first-order chi connectivity index (χ1) is 13.0. The molecule has 1 saturated heterocycles. The Morgan fingerprint density at radius 3 is 2.67 bits per heavy atom. The molecule has 0 unspecified atom stereocenters. The van der Waals surface area contributed by atoms with E-state index in [1.54, 1.807) is 4.90 Å². The third kappa shape index (κ3) is 3.47. The molecular formula is C21H22F2N2O2. The van der Waals surface area contributed by atoms with Crippen LogP contribution in [0.15, 0.2) is 42.5 Å². The molecule has 0 aliphatic carbocycles. The number of fused-ring (bicyclic) bond motifs is 1. The van der Waals surface area contributed by atoms with Gasteiger partial charge in [-0.3, -0.25) is 4.79 Å². The molecule has 2 aliphatic heterocycles. The summed E-state index contributed by atoms with van der Waals surface area (Å²) in [4.78, 5) is 14.9. The lowest BCUT2D eigenvalue weighted by Gasteiger charge is -2.40. The van der Waals surface area contributed by atoms with Gasteiger partial charge in [0.05, 0.1) is 12.6 Å². The molecule has 142 valence electrons. The van der Waals surface area contributed by atoms with E-state index in [1.165, 1.54) is 12.1 Å². The van der Waals surface area contributed by atoms with Gasteiger partial charge in [0.2, 0.25) is 0 Å². The quantitative estimate of drug-likeness (QED) is 0.882. The lowest BCUT2D eigenvalue weighted by atomic mass is 9.87. The molecule has 0 spiro atoms. The first-order valence-electron chi connectivity index (χ1n) is 9.25. The highest BCUT2D eigenvalue weighted by Gasteiger charge is 2.38. The first-order valence-corrected chi connectivity index (χ1v) is 9.25. The molecule has 2 N–H and O–H groups in total. The van der Waals surface area contributed by atoms with E-state index in [0.717, 1.165) is 23.6 Å². The highest BCUT2D eigenvalue weighted by molar-refractivity contribution is 5.82. The Hall–Kier alpha value is -2.31. The Bertz CT molecular complexity index is 850. The zero-order chi connectivity index (χ0) is 19.0. The van der Waals surface area contributed by atoms with Crippen LogP contribution in [0.2, 0.25) is 0 Å². The number of hydrogen-bond donors (Lipinski definition) is 1. The van der Waals surface area contributed by atoms with E-state index >= 15 is 0 Å². The average molecular weight is 372 g/mol. The number of nitrogens with zero attached hydrogens (tertiary/aromatic N) is 1. The van der Waals surface area contributed by atoms with E-state index in [4.69, 9.17) is 10.5 Å². The summed E-state index contributed by atoms with van der Waals surface area (Å²) < 4.78 is 33.7. The van der Waals surface area contributed by atoms with E-state index in [0.29, 0.717) is 31.6 Å². The van der Waals surface area contributed by atoms with Gasteiger partial charge in [-0.05, 0) is 36.5 Å². The fourth-order valence-corrected chi connectivity index (χ4v) is 4.01. The van der Waals surface area contributed by atoms with Crippen molar-refractivity contribution >= 4 is 5.91 Å². The maximum atomic E-state index is 14.6. The van der Waals surface area contributed by atoms with E-state index in [2.05, 4.69) is 0 Å². The second-order valence-electron chi connectivity index (χ2n) is 7.21. The fraction of sp³-hybridized carbons (Fsp3) is 0.381. The van der Waals surface area contributed by atoms with Gasteiger partial charge in [0.15, 0.2) is 0 Å². The Balaban J connectivity index is 1.73. The van der Waals surface area contributed by atoms with Crippen molar-refractivity contribution in [3.8, 4) is 0 Å². The number of amides is 1. The number of hydrogen-bond acceptors (Lipinski definition) is 3. The molecule has 0 bridgehead atoms. The summed E-state index contributed by atoms with van der Waals surface area (Å²) >= 11 is 0. The van der Waals surface area contributed by atoms with Crippen molar-refractivity contribution in [2.75, 3.05) is 13.2 Å². The molecular weight excluding hydrogens is 350 g/mol. The van der Waals surface area contributed by atoms with Gasteiger partial charge in [-0.2, -0.15) is 0 Å². The summed E-state index contributed by atoms with van der Waals surface area (Å²) in [5, 5.41) is 0. The summed E-state index contributed by atoms with van der Waals surface area (Å²) in [5.74, 6) is -1.45. The molecule has 1 amide bonds. The monoisotopic (exact) mass is 372 g/mol. The molecule has 0 radical (unpaired) electrons. The second-order valence-corrected chi connectivity index (χ2v) is 7.21. The maximum Gasteiger partial charge on any atom is 0.252 e. The molecule has 2 heterocycles. The second kappa shape index (κ2) is 7.37. The van der Waals surface area contributed by atoms with Crippen LogP contribution in [0.1, 0.15) is 35.6 Å². The minimum absolute atomic E-state index is 0.0542. The molecule has 0 aromatic heterocycles. The molecule has 0 saturated carbocycles. The molecule has 27 heavy (non-hydrogen) atoms. The zero-order valence-electron chi connectivity index (χ0n) is 14.9. The van der Waals surface area contributed by atoms with Crippen molar-refractivity contribution in [3.63, 3.8) is 0 Å². The first kappa shape index (κ1) is 18.1. The molecule has 6 heteroatoms. The predicted molar refractivity (Wildman–Crippen MR) is 97.0 cm³/mol. The van der Waals surface area contributed by atoms with E-state index in [9.17, 15) is 13.6 Å². The normalized spacial score (nSPS) is 25.1. The summed E-state index contributed by atoms with van der Waals surface area (Å²) in [7, 11) is 0. The number of nitrogens with two attached hydrogens (primary N) is 1. The smallest absolute Gasteiger partial charge is 0.252 e.